The summed E-state index contributed by atoms with van der Waals surface area (Å²) in [6, 6.07) is 8.36. The number of ketones is 1. The zero-order chi connectivity index (χ0) is 18.8. The highest BCUT2D eigenvalue weighted by molar-refractivity contribution is 6.01. The van der Waals surface area contributed by atoms with Crippen LogP contribution in [0.5, 0.6) is 17.2 Å². The van der Waals surface area contributed by atoms with Crippen molar-refractivity contribution >= 4 is 11.5 Å². The van der Waals surface area contributed by atoms with Crippen LogP contribution in [0.3, 0.4) is 0 Å². The Morgan fingerprint density at radius 3 is 2.20 bits per heavy atom. The first kappa shape index (κ1) is 18.3. The number of nitro groups is 1. The van der Waals surface area contributed by atoms with Crippen LogP contribution in [0.25, 0.3) is 0 Å². The van der Waals surface area contributed by atoms with Gasteiger partial charge in [0.1, 0.15) is 5.60 Å². The summed E-state index contributed by atoms with van der Waals surface area (Å²) in [4.78, 5) is 22.5. The van der Waals surface area contributed by atoms with Gasteiger partial charge in [0, 0.05) is 18.6 Å². The predicted molar refractivity (Wildman–Crippen MR) is 91.3 cm³/mol. The molecule has 0 radical (unpaired) electrons. The molecule has 0 atom stereocenters. The largest absolute Gasteiger partial charge is 0.504 e. The molecule has 0 aliphatic carbocycles. The van der Waals surface area contributed by atoms with Crippen molar-refractivity contribution in [2.45, 2.75) is 32.8 Å². The minimum absolute atomic E-state index is 0.0443. The van der Waals surface area contributed by atoms with E-state index < -0.39 is 27.8 Å². The molecular weight excluding hydrogens is 326 g/mol. The van der Waals surface area contributed by atoms with E-state index in [1.165, 1.54) is 36.4 Å². The Hall–Kier alpha value is -3.09. The Labute approximate surface area is 144 Å². The standard InChI is InChI=1S/C18H19NO6/c1-18(2,3)25-15-9-8-13(16(21)17(15)22)14(20)10-11-4-6-12(7-5-11)19(23)24/h4-9,21-22H,10H2,1-3H3. The summed E-state index contributed by atoms with van der Waals surface area (Å²) in [5.74, 6) is -1.39. The van der Waals surface area contributed by atoms with Gasteiger partial charge in [-0.15, -0.1) is 0 Å². The number of carbonyl (C=O) groups excluding carboxylic acids is 1. The summed E-state index contributed by atoms with van der Waals surface area (Å²) in [5, 5.41) is 30.8. The number of phenols is 2. The highest BCUT2D eigenvalue weighted by atomic mass is 16.6. The van der Waals surface area contributed by atoms with Gasteiger partial charge < -0.3 is 14.9 Å². The first-order chi connectivity index (χ1) is 11.6. The number of carbonyl (C=O) groups is 1. The van der Waals surface area contributed by atoms with Crippen molar-refractivity contribution in [3.8, 4) is 17.2 Å². The summed E-state index contributed by atoms with van der Waals surface area (Å²) in [7, 11) is 0. The Morgan fingerprint density at radius 2 is 1.68 bits per heavy atom. The van der Waals surface area contributed by atoms with E-state index in [0.717, 1.165) is 0 Å². The van der Waals surface area contributed by atoms with Crippen LogP contribution in [-0.2, 0) is 6.42 Å². The van der Waals surface area contributed by atoms with Crippen LogP contribution >= 0.6 is 0 Å². The molecule has 2 aromatic carbocycles. The van der Waals surface area contributed by atoms with Crippen LogP contribution in [0, 0.1) is 10.1 Å². The topological polar surface area (TPSA) is 110 Å². The SMILES string of the molecule is CC(C)(C)Oc1ccc(C(=O)Cc2ccc([N+](=O)[O-])cc2)c(O)c1O. The van der Waals surface area contributed by atoms with Crippen molar-refractivity contribution in [3.63, 3.8) is 0 Å². The molecule has 0 saturated heterocycles. The Balaban J connectivity index is 2.22. The van der Waals surface area contributed by atoms with Crippen molar-refractivity contribution in [2.24, 2.45) is 0 Å². The van der Waals surface area contributed by atoms with Crippen molar-refractivity contribution in [1.82, 2.24) is 0 Å². The van der Waals surface area contributed by atoms with Crippen LogP contribution in [0.2, 0.25) is 0 Å². The van der Waals surface area contributed by atoms with E-state index in [0.29, 0.717) is 5.56 Å². The normalized spacial score (nSPS) is 11.2. The second kappa shape index (κ2) is 6.80. The van der Waals surface area contributed by atoms with Crippen LogP contribution in [-0.4, -0.2) is 26.5 Å². The third-order valence-electron chi connectivity index (χ3n) is 3.34. The molecule has 2 rings (SSSR count). The lowest BCUT2D eigenvalue weighted by molar-refractivity contribution is -0.384. The third-order valence-corrected chi connectivity index (χ3v) is 3.34. The number of benzene rings is 2. The van der Waals surface area contributed by atoms with E-state index >= 15 is 0 Å². The summed E-state index contributed by atoms with van der Waals surface area (Å²) in [6.07, 6.45) is -0.0650. The molecule has 0 heterocycles. The van der Waals surface area contributed by atoms with E-state index in [4.69, 9.17) is 4.74 Å². The molecular formula is C18H19NO6. The van der Waals surface area contributed by atoms with Crippen LogP contribution < -0.4 is 4.74 Å². The van der Waals surface area contributed by atoms with Gasteiger partial charge in [-0.3, -0.25) is 14.9 Å². The molecule has 7 heteroatoms. The van der Waals surface area contributed by atoms with Gasteiger partial charge in [-0.2, -0.15) is 0 Å². The number of non-ortho nitro benzene ring substituents is 1. The summed E-state index contributed by atoms with van der Waals surface area (Å²) >= 11 is 0. The average Bonchev–Trinajstić information content (AvgIpc) is 2.51. The van der Waals surface area contributed by atoms with Gasteiger partial charge in [-0.05, 0) is 38.5 Å². The van der Waals surface area contributed by atoms with Crippen LogP contribution in [0.15, 0.2) is 36.4 Å². The van der Waals surface area contributed by atoms with Crippen LogP contribution in [0.1, 0.15) is 36.7 Å². The number of nitrogens with zero attached hydrogens (tertiary/aromatic N) is 1. The molecule has 2 aromatic rings. The zero-order valence-corrected chi connectivity index (χ0v) is 14.1. The van der Waals surface area contributed by atoms with E-state index in [1.54, 1.807) is 20.8 Å². The minimum atomic E-state index is -0.575. The lowest BCUT2D eigenvalue weighted by Gasteiger charge is -2.22. The summed E-state index contributed by atoms with van der Waals surface area (Å²) in [5.41, 5.74) is -0.129. The number of ether oxygens (including phenoxy) is 1. The Kier molecular flexibility index (Phi) is 4.97. The lowest BCUT2D eigenvalue weighted by atomic mass is 10.0. The van der Waals surface area contributed by atoms with Gasteiger partial charge in [-0.25, -0.2) is 0 Å². The van der Waals surface area contributed by atoms with Crippen molar-refractivity contribution < 1.29 is 24.7 Å². The molecule has 0 bridgehead atoms. The molecule has 132 valence electrons. The highest BCUT2D eigenvalue weighted by Gasteiger charge is 2.21. The maximum atomic E-state index is 12.4. The number of hydrogen-bond donors (Lipinski definition) is 2. The van der Waals surface area contributed by atoms with Crippen LogP contribution in [0.4, 0.5) is 5.69 Å². The van der Waals surface area contributed by atoms with Crippen molar-refractivity contribution in [1.29, 1.82) is 0 Å². The van der Waals surface area contributed by atoms with Gasteiger partial charge in [0.2, 0.25) is 5.75 Å². The molecule has 0 amide bonds. The zero-order valence-electron chi connectivity index (χ0n) is 14.1. The third kappa shape index (κ3) is 4.47. The number of nitro benzene ring substituents is 1. The molecule has 0 saturated carbocycles. The molecule has 0 aliphatic rings. The maximum Gasteiger partial charge on any atom is 0.269 e. The quantitative estimate of drug-likeness (QED) is 0.371. The molecule has 0 spiro atoms. The lowest BCUT2D eigenvalue weighted by Crippen LogP contribution is -2.23. The van der Waals surface area contributed by atoms with E-state index in [2.05, 4.69) is 0 Å². The first-order valence-corrected chi connectivity index (χ1v) is 7.59. The molecule has 7 nitrogen and oxygen atoms in total. The van der Waals surface area contributed by atoms with Gasteiger partial charge in [0.15, 0.2) is 17.3 Å². The predicted octanol–water partition coefficient (Wildman–Crippen LogP) is 3.61. The van der Waals surface area contributed by atoms with E-state index in [-0.39, 0.29) is 23.4 Å². The number of phenolic OH excluding ortho intramolecular Hbond substituents is 2. The van der Waals surface area contributed by atoms with Gasteiger partial charge in [0.25, 0.3) is 5.69 Å². The smallest absolute Gasteiger partial charge is 0.269 e. The molecule has 2 N–H and O–H groups in total. The van der Waals surface area contributed by atoms with E-state index in [9.17, 15) is 25.1 Å². The fraction of sp³-hybridized carbons (Fsp3) is 0.278. The second-order valence-corrected chi connectivity index (χ2v) is 6.55. The maximum absolute atomic E-state index is 12.4. The van der Waals surface area contributed by atoms with Crippen molar-refractivity contribution in [3.05, 3.63) is 57.6 Å². The van der Waals surface area contributed by atoms with E-state index in [1.807, 2.05) is 0 Å². The fourth-order valence-corrected chi connectivity index (χ4v) is 2.21. The molecule has 0 unspecified atom stereocenters. The summed E-state index contributed by atoms with van der Waals surface area (Å²) in [6.45, 7) is 5.37. The number of rotatable bonds is 5. The van der Waals surface area contributed by atoms with Gasteiger partial charge in [-0.1, -0.05) is 12.1 Å². The number of Topliss-reactive ketones (excluding diaryl/α,β-unsaturated/α-hetero) is 1. The molecule has 0 fully saturated rings. The van der Waals surface area contributed by atoms with Gasteiger partial charge in [0.05, 0.1) is 10.5 Å². The fourth-order valence-electron chi connectivity index (χ4n) is 2.21. The number of hydrogen-bond acceptors (Lipinski definition) is 6. The first-order valence-electron chi connectivity index (χ1n) is 7.59. The summed E-state index contributed by atoms with van der Waals surface area (Å²) < 4.78 is 5.52. The monoisotopic (exact) mass is 345 g/mol. The van der Waals surface area contributed by atoms with Crippen molar-refractivity contribution in [2.75, 3.05) is 0 Å². The number of aromatic hydroxyl groups is 2. The average molecular weight is 345 g/mol. The minimum Gasteiger partial charge on any atom is -0.504 e. The second-order valence-electron chi connectivity index (χ2n) is 6.55. The Bertz CT molecular complexity index is 806. The molecule has 0 aliphatic heterocycles. The Morgan fingerprint density at radius 1 is 1.08 bits per heavy atom. The van der Waals surface area contributed by atoms with Gasteiger partial charge >= 0.3 is 0 Å². The molecule has 0 aromatic heterocycles. The highest BCUT2D eigenvalue weighted by Crippen LogP contribution is 2.40. The molecule has 25 heavy (non-hydrogen) atoms.